The Hall–Kier alpha value is -3.22. The van der Waals surface area contributed by atoms with E-state index in [1.807, 2.05) is 45.0 Å². The number of hydrogen-bond acceptors (Lipinski definition) is 5. The Morgan fingerprint density at radius 2 is 1.54 bits per heavy atom. The van der Waals surface area contributed by atoms with E-state index >= 15 is 0 Å². The first-order chi connectivity index (χ1) is 17.5. The van der Waals surface area contributed by atoms with E-state index in [9.17, 15) is 14.4 Å². The number of Topliss-reactive ketones (excluding diaryl/α,β-unsaturated/α-hetero) is 1. The van der Waals surface area contributed by atoms with Gasteiger partial charge >= 0.3 is 6.09 Å². The third kappa shape index (κ3) is 6.96. The number of nitrogens with zero attached hydrogens (tertiary/aromatic N) is 2. The van der Waals surface area contributed by atoms with Crippen LogP contribution in [0.15, 0.2) is 36.4 Å². The molecule has 0 aliphatic heterocycles. The van der Waals surface area contributed by atoms with E-state index in [2.05, 4.69) is 17.4 Å². The summed E-state index contributed by atoms with van der Waals surface area (Å²) in [5.74, 6) is 0.909. The zero-order valence-corrected chi connectivity index (χ0v) is 22.7. The number of benzene rings is 1. The SMILES string of the molecule is CN(C)C(=O)c1ccc(C2CCC(C(=O)c3nc(CNC(=O)OC(C)(C)C)ccc3C3CC3)CC2)cc1. The Morgan fingerprint density at radius 1 is 0.919 bits per heavy atom. The minimum atomic E-state index is -0.570. The molecule has 37 heavy (non-hydrogen) atoms. The Labute approximate surface area is 220 Å². The van der Waals surface area contributed by atoms with Crippen molar-refractivity contribution in [1.82, 2.24) is 15.2 Å². The van der Waals surface area contributed by atoms with E-state index in [0.717, 1.165) is 44.1 Å². The molecule has 1 N–H and O–H groups in total. The second kappa shape index (κ2) is 11.0. The van der Waals surface area contributed by atoms with Crippen molar-refractivity contribution in [1.29, 1.82) is 0 Å². The highest BCUT2D eigenvalue weighted by Gasteiger charge is 2.34. The molecule has 0 saturated heterocycles. The average molecular weight is 506 g/mol. The third-order valence-electron chi connectivity index (χ3n) is 7.18. The van der Waals surface area contributed by atoms with Crippen molar-refractivity contribution in [3.05, 3.63) is 64.5 Å². The van der Waals surface area contributed by atoms with Crippen LogP contribution >= 0.6 is 0 Å². The topological polar surface area (TPSA) is 88.6 Å². The summed E-state index contributed by atoms with van der Waals surface area (Å²) in [7, 11) is 3.51. The largest absolute Gasteiger partial charge is 0.444 e. The van der Waals surface area contributed by atoms with Crippen LogP contribution in [0, 0.1) is 5.92 Å². The van der Waals surface area contributed by atoms with Gasteiger partial charge in [0.15, 0.2) is 5.78 Å². The maximum Gasteiger partial charge on any atom is 0.407 e. The van der Waals surface area contributed by atoms with Gasteiger partial charge in [-0.15, -0.1) is 0 Å². The molecule has 0 atom stereocenters. The standard InChI is InChI=1S/C30H39N3O4/c1-30(2,3)37-29(36)31-18-24-16-17-25(21-10-11-21)26(32-24)27(34)22-12-6-19(7-13-22)20-8-14-23(15-9-20)28(35)33(4)5/h8-9,14-17,19,21-22H,6-7,10-13,18H2,1-5H3,(H,31,36). The Kier molecular flexibility index (Phi) is 8.00. The number of nitrogens with one attached hydrogen (secondary N) is 1. The van der Waals surface area contributed by atoms with Crippen molar-refractivity contribution in [3.63, 3.8) is 0 Å². The molecule has 2 aliphatic carbocycles. The fourth-order valence-electron chi connectivity index (χ4n) is 5.05. The summed E-state index contributed by atoms with van der Waals surface area (Å²) in [6.07, 6.45) is 5.23. The first kappa shape index (κ1) is 26.8. The van der Waals surface area contributed by atoms with Crippen LogP contribution in [0.25, 0.3) is 0 Å². The smallest absolute Gasteiger partial charge is 0.407 e. The van der Waals surface area contributed by atoms with Gasteiger partial charge in [0.25, 0.3) is 5.91 Å². The molecule has 2 saturated carbocycles. The first-order valence-corrected chi connectivity index (χ1v) is 13.3. The van der Waals surface area contributed by atoms with Gasteiger partial charge in [-0.1, -0.05) is 18.2 Å². The number of carbonyl (C=O) groups excluding carboxylic acids is 3. The molecule has 4 rings (SSSR count). The van der Waals surface area contributed by atoms with E-state index in [1.165, 1.54) is 5.56 Å². The molecule has 2 aliphatic rings. The zero-order valence-electron chi connectivity index (χ0n) is 22.7. The highest BCUT2D eigenvalue weighted by atomic mass is 16.6. The molecule has 2 fully saturated rings. The highest BCUT2D eigenvalue weighted by Crippen LogP contribution is 2.43. The lowest BCUT2D eigenvalue weighted by molar-refractivity contribution is 0.0522. The van der Waals surface area contributed by atoms with Crippen LogP contribution in [0.2, 0.25) is 0 Å². The highest BCUT2D eigenvalue weighted by molar-refractivity contribution is 5.98. The van der Waals surface area contributed by atoms with Gasteiger partial charge in [-0.05, 0) is 100 Å². The second-order valence-electron chi connectivity index (χ2n) is 11.6. The maximum atomic E-state index is 13.6. The van der Waals surface area contributed by atoms with Gasteiger partial charge in [0.1, 0.15) is 11.3 Å². The quantitative estimate of drug-likeness (QED) is 0.478. The summed E-state index contributed by atoms with van der Waals surface area (Å²) in [6, 6.07) is 11.8. The Bertz CT molecular complexity index is 1140. The van der Waals surface area contributed by atoms with Crippen LogP contribution in [0.4, 0.5) is 4.79 Å². The van der Waals surface area contributed by atoms with Gasteiger partial charge in [-0.3, -0.25) is 9.59 Å². The fourth-order valence-corrected chi connectivity index (χ4v) is 5.05. The zero-order chi connectivity index (χ0) is 26.7. The molecule has 0 bridgehead atoms. The summed E-state index contributed by atoms with van der Waals surface area (Å²) in [5.41, 5.74) is 3.65. The van der Waals surface area contributed by atoms with Crippen molar-refractivity contribution >= 4 is 17.8 Å². The van der Waals surface area contributed by atoms with Crippen LogP contribution in [-0.2, 0) is 11.3 Å². The molecule has 198 valence electrons. The number of hydrogen-bond donors (Lipinski definition) is 1. The van der Waals surface area contributed by atoms with Gasteiger partial charge in [-0.25, -0.2) is 9.78 Å². The molecule has 7 heteroatoms. The Morgan fingerprint density at radius 3 is 2.11 bits per heavy atom. The van der Waals surface area contributed by atoms with Crippen LogP contribution < -0.4 is 5.32 Å². The van der Waals surface area contributed by atoms with Crippen LogP contribution in [0.3, 0.4) is 0 Å². The van der Waals surface area contributed by atoms with Crippen LogP contribution in [0.1, 0.15) is 109 Å². The number of ketones is 1. The number of amides is 2. The second-order valence-corrected chi connectivity index (χ2v) is 11.6. The molecule has 0 spiro atoms. The van der Waals surface area contributed by atoms with Crippen molar-refractivity contribution < 1.29 is 19.1 Å². The molecule has 1 aromatic heterocycles. The van der Waals surface area contributed by atoms with E-state index in [4.69, 9.17) is 9.72 Å². The molecule has 2 aromatic rings. The van der Waals surface area contributed by atoms with Crippen molar-refractivity contribution in [2.75, 3.05) is 14.1 Å². The fraction of sp³-hybridized carbons (Fsp3) is 0.533. The average Bonchev–Trinajstić information content (AvgIpc) is 3.71. The third-order valence-corrected chi connectivity index (χ3v) is 7.18. The number of ether oxygens (including phenoxy) is 1. The van der Waals surface area contributed by atoms with Crippen molar-refractivity contribution in [3.8, 4) is 0 Å². The molecular formula is C30H39N3O4. The summed E-state index contributed by atoms with van der Waals surface area (Å²) < 4.78 is 5.32. The predicted octanol–water partition coefficient (Wildman–Crippen LogP) is 5.84. The molecule has 1 heterocycles. The maximum absolute atomic E-state index is 13.6. The van der Waals surface area contributed by atoms with E-state index in [1.54, 1.807) is 19.0 Å². The van der Waals surface area contributed by atoms with Crippen LogP contribution in [0.5, 0.6) is 0 Å². The van der Waals surface area contributed by atoms with Crippen LogP contribution in [-0.4, -0.2) is 47.4 Å². The number of pyridine rings is 1. The summed E-state index contributed by atoms with van der Waals surface area (Å²) in [6.45, 7) is 5.69. The van der Waals surface area contributed by atoms with Gasteiger partial charge in [0, 0.05) is 25.6 Å². The lowest BCUT2D eigenvalue weighted by atomic mass is 9.76. The molecule has 0 unspecified atom stereocenters. The lowest BCUT2D eigenvalue weighted by Crippen LogP contribution is -2.32. The minimum absolute atomic E-state index is 0.00310. The number of rotatable bonds is 7. The van der Waals surface area contributed by atoms with E-state index in [-0.39, 0.29) is 24.2 Å². The van der Waals surface area contributed by atoms with E-state index < -0.39 is 11.7 Å². The van der Waals surface area contributed by atoms with Gasteiger partial charge < -0.3 is 15.0 Å². The predicted molar refractivity (Wildman–Crippen MR) is 143 cm³/mol. The van der Waals surface area contributed by atoms with Gasteiger partial charge in [0.05, 0.1) is 12.2 Å². The number of aromatic nitrogens is 1. The lowest BCUT2D eigenvalue weighted by Gasteiger charge is -2.28. The summed E-state index contributed by atoms with van der Waals surface area (Å²) in [5, 5.41) is 2.75. The Balaban J connectivity index is 1.40. The molecule has 0 radical (unpaired) electrons. The first-order valence-electron chi connectivity index (χ1n) is 13.3. The minimum Gasteiger partial charge on any atom is -0.444 e. The molecule has 1 aromatic carbocycles. The van der Waals surface area contributed by atoms with Crippen molar-refractivity contribution in [2.24, 2.45) is 5.92 Å². The van der Waals surface area contributed by atoms with Crippen molar-refractivity contribution in [2.45, 2.75) is 83.3 Å². The molecule has 7 nitrogen and oxygen atoms in total. The number of carbonyl (C=O) groups is 3. The number of alkyl carbamates (subject to hydrolysis) is 1. The molecule has 2 amide bonds. The normalized spacial score (nSPS) is 19.7. The van der Waals surface area contributed by atoms with Gasteiger partial charge in [-0.2, -0.15) is 0 Å². The van der Waals surface area contributed by atoms with Gasteiger partial charge in [0.2, 0.25) is 0 Å². The summed E-state index contributed by atoms with van der Waals surface area (Å²) in [4.78, 5) is 44.2. The summed E-state index contributed by atoms with van der Waals surface area (Å²) >= 11 is 0. The monoisotopic (exact) mass is 505 g/mol. The van der Waals surface area contributed by atoms with E-state index in [0.29, 0.717) is 28.8 Å². The molecular weight excluding hydrogens is 466 g/mol.